The van der Waals surface area contributed by atoms with Gasteiger partial charge in [0.25, 0.3) is 0 Å². The van der Waals surface area contributed by atoms with E-state index in [-0.39, 0.29) is 6.04 Å². The fourth-order valence-electron chi connectivity index (χ4n) is 3.05. The van der Waals surface area contributed by atoms with E-state index in [1.165, 1.54) is 24.9 Å². The van der Waals surface area contributed by atoms with Gasteiger partial charge in [0.2, 0.25) is 0 Å². The Hall–Kier alpha value is -0.380. The van der Waals surface area contributed by atoms with Crippen LogP contribution < -0.4 is 5.73 Å². The van der Waals surface area contributed by atoms with Gasteiger partial charge in [-0.25, -0.2) is 0 Å². The minimum absolute atomic E-state index is 0.252. The topological polar surface area (TPSA) is 29.3 Å². The zero-order valence-corrected chi connectivity index (χ0v) is 13.6. The molecule has 0 aromatic heterocycles. The number of nitrogens with zero attached hydrogens (tertiary/aromatic N) is 1. The van der Waals surface area contributed by atoms with Gasteiger partial charge < -0.3 is 5.73 Å². The molecule has 1 fully saturated rings. The molecule has 3 heteroatoms. The van der Waals surface area contributed by atoms with Gasteiger partial charge in [-0.15, -0.1) is 0 Å². The molecule has 2 nitrogen and oxygen atoms in total. The van der Waals surface area contributed by atoms with Crippen molar-refractivity contribution in [2.75, 3.05) is 13.1 Å². The van der Waals surface area contributed by atoms with Crippen LogP contribution in [0.5, 0.6) is 0 Å². The van der Waals surface area contributed by atoms with Crippen molar-refractivity contribution in [2.24, 2.45) is 11.7 Å². The second-order valence-electron chi connectivity index (χ2n) is 6.04. The number of hydrogen-bond acceptors (Lipinski definition) is 2. The lowest BCUT2D eigenvalue weighted by Gasteiger charge is -2.35. The third kappa shape index (κ3) is 4.04. The first-order chi connectivity index (χ1) is 9.08. The van der Waals surface area contributed by atoms with Crippen LogP contribution in [0.15, 0.2) is 28.7 Å². The average molecular weight is 325 g/mol. The monoisotopic (exact) mass is 324 g/mol. The van der Waals surface area contributed by atoms with Gasteiger partial charge in [-0.2, -0.15) is 0 Å². The third-order valence-corrected chi connectivity index (χ3v) is 4.37. The van der Waals surface area contributed by atoms with Crippen molar-refractivity contribution in [3.05, 3.63) is 34.3 Å². The van der Waals surface area contributed by atoms with E-state index in [4.69, 9.17) is 5.73 Å². The van der Waals surface area contributed by atoms with E-state index < -0.39 is 0 Å². The molecule has 2 rings (SSSR count). The van der Waals surface area contributed by atoms with Crippen LogP contribution in [0.4, 0.5) is 0 Å². The predicted molar refractivity (Wildman–Crippen MR) is 85.1 cm³/mol. The highest BCUT2D eigenvalue weighted by atomic mass is 79.9. The zero-order chi connectivity index (χ0) is 13.8. The number of benzene rings is 1. The number of likely N-dealkylation sites (tertiary alicyclic amines) is 1. The molecule has 2 atom stereocenters. The molecule has 106 valence electrons. The minimum atomic E-state index is 0.252. The average Bonchev–Trinajstić information content (AvgIpc) is 2.52. The standard InChI is InChI=1S/C16H25BrN2/c1-12(2)11-19-10-4-3-5-15(18)16(19)13-6-8-14(17)9-7-13/h6-9,12,15-16H,3-5,10-11,18H2,1-2H3. The summed E-state index contributed by atoms with van der Waals surface area (Å²) in [7, 11) is 0. The minimum Gasteiger partial charge on any atom is -0.326 e. The Morgan fingerprint density at radius 1 is 1.26 bits per heavy atom. The van der Waals surface area contributed by atoms with Gasteiger partial charge in [-0.3, -0.25) is 4.90 Å². The molecule has 1 heterocycles. The molecule has 0 radical (unpaired) electrons. The van der Waals surface area contributed by atoms with Crippen LogP contribution in [-0.4, -0.2) is 24.0 Å². The lowest BCUT2D eigenvalue weighted by atomic mass is 9.96. The van der Waals surface area contributed by atoms with E-state index in [0.29, 0.717) is 12.0 Å². The SMILES string of the molecule is CC(C)CN1CCCCC(N)C1c1ccc(Br)cc1. The number of nitrogens with two attached hydrogens (primary N) is 1. The molecular weight excluding hydrogens is 300 g/mol. The van der Waals surface area contributed by atoms with Gasteiger partial charge >= 0.3 is 0 Å². The summed E-state index contributed by atoms with van der Waals surface area (Å²) >= 11 is 3.51. The normalized spacial score (nSPS) is 25.5. The molecule has 1 aliphatic heterocycles. The van der Waals surface area contributed by atoms with Crippen molar-refractivity contribution in [2.45, 2.75) is 45.2 Å². The van der Waals surface area contributed by atoms with Crippen LogP contribution in [0, 0.1) is 5.92 Å². The molecule has 0 amide bonds. The fraction of sp³-hybridized carbons (Fsp3) is 0.625. The first kappa shape index (κ1) is 15.0. The van der Waals surface area contributed by atoms with Gasteiger partial charge in [0, 0.05) is 23.1 Å². The fourth-order valence-corrected chi connectivity index (χ4v) is 3.32. The van der Waals surface area contributed by atoms with Crippen LogP contribution in [0.2, 0.25) is 0 Å². The second kappa shape index (κ2) is 6.87. The van der Waals surface area contributed by atoms with Gasteiger partial charge in [0.15, 0.2) is 0 Å². The van der Waals surface area contributed by atoms with Crippen LogP contribution in [0.1, 0.15) is 44.7 Å². The summed E-state index contributed by atoms with van der Waals surface area (Å²) in [5, 5.41) is 0. The van der Waals surface area contributed by atoms with Gasteiger partial charge in [0.05, 0.1) is 0 Å². The molecule has 1 aromatic carbocycles. The summed E-state index contributed by atoms with van der Waals surface area (Å²) in [5.41, 5.74) is 7.82. The smallest absolute Gasteiger partial charge is 0.0499 e. The van der Waals surface area contributed by atoms with Crippen molar-refractivity contribution in [3.63, 3.8) is 0 Å². The molecule has 1 aliphatic rings. The number of rotatable bonds is 3. The molecule has 2 N–H and O–H groups in total. The van der Waals surface area contributed by atoms with Crippen molar-refractivity contribution in [3.8, 4) is 0 Å². The Morgan fingerprint density at radius 2 is 1.95 bits per heavy atom. The van der Waals surface area contributed by atoms with Crippen molar-refractivity contribution < 1.29 is 0 Å². The van der Waals surface area contributed by atoms with Crippen LogP contribution in [0.3, 0.4) is 0 Å². The van der Waals surface area contributed by atoms with E-state index in [1.807, 2.05) is 0 Å². The summed E-state index contributed by atoms with van der Waals surface area (Å²) in [6.07, 6.45) is 3.66. The first-order valence-electron chi connectivity index (χ1n) is 7.33. The largest absolute Gasteiger partial charge is 0.326 e. The van der Waals surface area contributed by atoms with E-state index in [0.717, 1.165) is 17.4 Å². The van der Waals surface area contributed by atoms with Gasteiger partial charge in [0.1, 0.15) is 0 Å². The van der Waals surface area contributed by atoms with Crippen molar-refractivity contribution in [1.29, 1.82) is 0 Å². The summed E-state index contributed by atoms with van der Waals surface area (Å²) in [6.45, 7) is 6.88. The molecule has 0 saturated carbocycles. The summed E-state index contributed by atoms with van der Waals surface area (Å²) in [6, 6.07) is 9.31. The Morgan fingerprint density at radius 3 is 2.58 bits per heavy atom. The van der Waals surface area contributed by atoms with E-state index >= 15 is 0 Å². The van der Waals surface area contributed by atoms with Gasteiger partial charge in [-0.05, 0) is 43.0 Å². The zero-order valence-electron chi connectivity index (χ0n) is 12.0. The Bertz CT molecular complexity index is 388. The Balaban J connectivity index is 2.25. The van der Waals surface area contributed by atoms with Crippen molar-refractivity contribution >= 4 is 15.9 Å². The number of hydrogen-bond donors (Lipinski definition) is 1. The molecule has 2 unspecified atom stereocenters. The summed E-state index contributed by atoms with van der Waals surface area (Å²) in [4.78, 5) is 2.59. The molecular formula is C16H25BrN2. The summed E-state index contributed by atoms with van der Waals surface area (Å²) in [5.74, 6) is 0.684. The highest BCUT2D eigenvalue weighted by Crippen LogP contribution is 2.30. The Labute approximate surface area is 125 Å². The second-order valence-corrected chi connectivity index (χ2v) is 6.96. The van der Waals surface area contributed by atoms with Crippen molar-refractivity contribution in [1.82, 2.24) is 4.90 Å². The lowest BCUT2D eigenvalue weighted by molar-refractivity contribution is 0.165. The molecule has 0 spiro atoms. The maximum Gasteiger partial charge on any atom is 0.0499 e. The predicted octanol–water partition coefficient (Wildman–Crippen LogP) is 3.96. The molecule has 1 saturated heterocycles. The van der Waals surface area contributed by atoms with Crippen LogP contribution in [0.25, 0.3) is 0 Å². The third-order valence-electron chi connectivity index (χ3n) is 3.84. The quantitative estimate of drug-likeness (QED) is 0.911. The summed E-state index contributed by atoms with van der Waals surface area (Å²) < 4.78 is 1.13. The maximum absolute atomic E-state index is 6.46. The van der Waals surface area contributed by atoms with E-state index in [2.05, 4.69) is 58.9 Å². The maximum atomic E-state index is 6.46. The Kier molecular flexibility index (Phi) is 5.43. The molecule has 1 aromatic rings. The van der Waals surface area contributed by atoms with E-state index in [1.54, 1.807) is 0 Å². The molecule has 0 bridgehead atoms. The molecule has 19 heavy (non-hydrogen) atoms. The van der Waals surface area contributed by atoms with Gasteiger partial charge in [-0.1, -0.05) is 48.3 Å². The highest BCUT2D eigenvalue weighted by molar-refractivity contribution is 9.10. The first-order valence-corrected chi connectivity index (χ1v) is 8.12. The van der Waals surface area contributed by atoms with Crippen LogP contribution in [-0.2, 0) is 0 Å². The number of halogens is 1. The molecule has 0 aliphatic carbocycles. The van der Waals surface area contributed by atoms with Crippen LogP contribution >= 0.6 is 15.9 Å². The highest BCUT2D eigenvalue weighted by Gasteiger charge is 2.28. The lowest BCUT2D eigenvalue weighted by Crippen LogP contribution is -2.41. The van der Waals surface area contributed by atoms with E-state index in [9.17, 15) is 0 Å².